The number of amides is 1. The molecule has 1 saturated heterocycles. The number of rotatable bonds is 1. The number of anilines is 1. The van der Waals surface area contributed by atoms with Gasteiger partial charge in [0, 0.05) is 18.8 Å². The number of halogens is 1. The number of carbonyl (C=O) groups is 1. The lowest BCUT2D eigenvalue weighted by Gasteiger charge is -2.29. The first kappa shape index (κ1) is 16.2. The highest BCUT2D eigenvalue weighted by atomic mass is 35.5. The normalized spacial score (nSPS) is 20.2. The maximum Gasteiger partial charge on any atom is 0.255 e. The van der Waals surface area contributed by atoms with Gasteiger partial charge in [-0.15, -0.1) is 0 Å². The van der Waals surface area contributed by atoms with Gasteiger partial charge in [-0.1, -0.05) is 32.4 Å². The molecular weight excluding hydrogens is 284 g/mol. The van der Waals surface area contributed by atoms with Gasteiger partial charge < -0.3 is 10.6 Å². The number of nitrogens with zero attached hydrogens (tertiary/aromatic N) is 1. The molecule has 1 aromatic carbocycles. The molecule has 1 atom stereocenters. The van der Waals surface area contributed by atoms with Crippen molar-refractivity contribution in [2.45, 2.75) is 40.0 Å². The van der Waals surface area contributed by atoms with Crippen molar-refractivity contribution in [3.8, 4) is 0 Å². The van der Waals surface area contributed by atoms with Gasteiger partial charge in [0.2, 0.25) is 0 Å². The van der Waals surface area contributed by atoms with Gasteiger partial charge in [-0.3, -0.25) is 4.79 Å². The van der Waals surface area contributed by atoms with Crippen LogP contribution < -0.4 is 5.73 Å². The lowest BCUT2D eigenvalue weighted by Crippen LogP contribution is -2.32. The summed E-state index contributed by atoms with van der Waals surface area (Å²) in [7, 11) is 0. The second-order valence-corrected chi connectivity index (χ2v) is 7.43. The topological polar surface area (TPSA) is 46.3 Å². The predicted molar refractivity (Wildman–Crippen MR) is 88.6 cm³/mol. The van der Waals surface area contributed by atoms with E-state index < -0.39 is 0 Å². The Morgan fingerprint density at radius 3 is 2.67 bits per heavy atom. The molecule has 1 fully saturated rings. The minimum absolute atomic E-state index is 0.00172. The molecular formula is C17H25ClN2O. The molecule has 21 heavy (non-hydrogen) atoms. The molecule has 1 unspecified atom stereocenters. The van der Waals surface area contributed by atoms with Gasteiger partial charge in [0.15, 0.2) is 0 Å². The average Bonchev–Trinajstić information content (AvgIpc) is 2.66. The van der Waals surface area contributed by atoms with E-state index in [4.69, 9.17) is 17.3 Å². The number of carbonyl (C=O) groups excluding carboxylic acids is 1. The van der Waals surface area contributed by atoms with Gasteiger partial charge in [-0.05, 0) is 48.8 Å². The van der Waals surface area contributed by atoms with Crippen LogP contribution in [-0.4, -0.2) is 23.9 Å². The summed E-state index contributed by atoms with van der Waals surface area (Å²) in [6, 6.07) is 5.09. The van der Waals surface area contributed by atoms with Gasteiger partial charge >= 0.3 is 0 Å². The van der Waals surface area contributed by atoms with Crippen LogP contribution in [0.25, 0.3) is 0 Å². The molecule has 1 aliphatic heterocycles. The summed E-state index contributed by atoms with van der Waals surface area (Å²) in [4.78, 5) is 14.6. The number of nitrogen functional groups attached to an aromatic ring is 1. The summed E-state index contributed by atoms with van der Waals surface area (Å²) in [5.74, 6) is 0.661. The van der Waals surface area contributed by atoms with Crippen molar-refractivity contribution in [3.63, 3.8) is 0 Å². The van der Waals surface area contributed by atoms with Crippen LogP contribution in [0, 0.1) is 11.3 Å². The molecule has 2 rings (SSSR count). The lowest BCUT2D eigenvalue weighted by atomic mass is 9.77. The third kappa shape index (κ3) is 3.91. The van der Waals surface area contributed by atoms with Gasteiger partial charge in [0.05, 0.1) is 10.6 Å². The molecule has 116 valence electrons. The second kappa shape index (κ2) is 6.27. The van der Waals surface area contributed by atoms with Gasteiger partial charge in [-0.2, -0.15) is 0 Å². The molecule has 0 aliphatic carbocycles. The fourth-order valence-corrected chi connectivity index (χ4v) is 3.24. The van der Waals surface area contributed by atoms with E-state index in [1.807, 2.05) is 4.90 Å². The smallest absolute Gasteiger partial charge is 0.255 e. The van der Waals surface area contributed by atoms with Crippen molar-refractivity contribution in [3.05, 3.63) is 28.8 Å². The van der Waals surface area contributed by atoms with Crippen LogP contribution >= 0.6 is 11.6 Å². The molecule has 0 saturated carbocycles. The molecule has 4 heteroatoms. The summed E-state index contributed by atoms with van der Waals surface area (Å²) in [6.45, 7) is 8.44. The monoisotopic (exact) mass is 308 g/mol. The Kier molecular flexibility index (Phi) is 4.82. The Hall–Kier alpha value is -1.22. The van der Waals surface area contributed by atoms with Crippen LogP contribution in [0.5, 0.6) is 0 Å². The fourth-order valence-electron chi connectivity index (χ4n) is 3.04. The van der Waals surface area contributed by atoms with Crippen molar-refractivity contribution in [1.82, 2.24) is 4.90 Å². The highest BCUT2D eigenvalue weighted by Crippen LogP contribution is 2.34. The third-order valence-corrected chi connectivity index (χ3v) is 4.79. The number of hydrogen-bond donors (Lipinski definition) is 1. The first-order chi connectivity index (χ1) is 9.79. The Morgan fingerprint density at radius 2 is 2.00 bits per heavy atom. The highest BCUT2D eigenvalue weighted by Gasteiger charge is 2.29. The molecule has 0 spiro atoms. The first-order valence-electron chi connectivity index (χ1n) is 7.63. The minimum Gasteiger partial charge on any atom is -0.399 e. The molecule has 3 nitrogen and oxygen atoms in total. The van der Waals surface area contributed by atoms with Crippen molar-refractivity contribution in [2.24, 2.45) is 11.3 Å². The summed E-state index contributed by atoms with van der Waals surface area (Å²) in [6.07, 6.45) is 3.28. The van der Waals surface area contributed by atoms with Crippen LogP contribution in [0.15, 0.2) is 18.2 Å². The minimum atomic E-state index is 0.00172. The van der Waals surface area contributed by atoms with Crippen molar-refractivity contribution in [2.75, 3.05) is 18.8 Å². The second-order valence-electron chi connectivity index (χ2n) is 7.03. The molecule has 1 aliphatic rings. The molecule has 0 bridgehead atoms. The van der Waals surface area contributed by atoms with E-state index in [9.17, 15) is 4.79 Å². The van der Waals surface area contributed by atoms with Gasteiger partial charge in [0.1, 0.15) is 0 Å². The van der Waals surface area contributed by atoms with Gasteiger partial charge in [0.25, 0.3) is 5.91 Å². The number of hydrogen-bond acceptors (Lipinski definition) is 2. The first-order valence-corrected chi connectivity index (χ1v) is 8.01. The SMILES string of the molecule is CC(C)(C)C1CCCN(C(=O)c2cc(N)ccc2Cl)CC1. The zero-order valence-electron chi connectivity index (χ0n) is 13.2. The number of benzene rings is 1. The van der Waals surface area contributed by atoms with Crippen LogP contribution in [-0.2, 0) is 0 Å². The number of nitrogens with two attached hydrogens (primary N) is 1. The Balaban J connectivity index is 2.12. The molecule has 2 N–H and O–H groups in total. The summed E-state index contributed by atoms with van der Waals surface area (Å²) in [5.41, 5.74) is 7.17. The Labute approximate surface area is 132 Å². The van der Waals surface area contributed by atoms with E-state index in [1.54, 1.807) is 18.2 Å². The summed E-state index contributed by atoms with van der Waals surface area (Å²) < 4.78 is 0. The van der Waals surface area contributed by atoms with E-state index >= 15 is 0 Å². The molecule has 0 radical (unpaired) electrons. The van der Waals surface area contributed by atoms with Crippen LogP contribution in [0.4, 0.5) is 5.69 Å². The van der Waals surface area contributed by atoms with E-state index in [1.165, 1.54) is 6.42 Å². The highest BCUT2D eigenvalue weighted by molar-refractivity contribution is 6.34. The average molecular weight is 309 g/mol. The standard InChI is InChI=1S/C17H25ClN2O/c1-17(2,3)12-5-4-9-20(10-8-12)16(21)14-11-13(19)6-7-15(14)18/h6-7,11-12H,4-5,8-10,19H2,1-3H3. The maximum atomic E-state index is 12.7. The third-order valence-electron chi connectivity index (χ3n) is 4.46. The Morgan fingerprint density at radius 1 is 1.29 bits per heavy atom. The van der Waals surface area contributed by atoms with E-state index in [-0.39, 0.29) is 5.91 Å². The largest absolute Gasteiger partial charge is 0.399 e. The molecule has 1 amide bonds. The van der Waals surface area contributed by atoms with E-state index in [0.29, 0.717) is 27.6 Å². The Bertz CT molecular complexity index is 522. The van der Waals surface area contributed by atoms with Crippen LogP contribution in [0.2, 0.25) is 5.02 Å². The zero-order chi connectivity index (χ0) is 15.6. The lowest BCUT2D eigenvalue weighted by molar-refractivity contribution is 0.0756. The summed E-state index contributed by atoms with van der Waals surface area (Å²) >= 11 is 6.15. The maximum absolute atomic E-state index is 12.7. The molecule has 1 aromatic rings. The van der Waals surface area contributed by atoms with E-state index in [2.05, 4.69) is 20.8 Å². The van der Waals surface area contributed by atoms with Crippen molar-refractivity contribution in [1.29, 1.82) is 0 Å². The van der Waals surface area contributed by atoms with Crippen LogP contribution in [0.3, 0.4) is 0 Å². The zero-order valence-corrected chi connectivity index (χ0v) is 13.9. The van der Waals surface area contributed by atoms with E-state index in [0.717, 1.165) is 25.9 Å². The van der Waals surface area contributed by atoms with Crippen molar-refractivity contribution < 1.29 is 4.79 Å². The fraction of sp³-hybridized carbons (Fsp3) is 0.588. The quantitative estimate of drug-likeness (QED) is 0.790. The predicted octanol–water partition coefficient (Wildman–Crippen LogP) is 4.21. The summed E-state index contributed by atoms with van der Waals surface area (Å²) in [5, 5.41) is 0.478. The molecule has 1 heterocycles. The van der Waals surface area contributed by atoms with Crippen LogP contribution in [0.1, 0.15) is 50.4 Å². The number of likely N-dealkylation sites (tertiary alicyclic amines) is 1. The van der Waals surface area contributed by atoms with Crippen molar-refractivity contribution >= 4 is 23.2 Å². The molecule has 0 aromatic heterocycles. The van der Waals surface area contributed by atoms with Gasteiger partial charge in [-0.25, -0.2) is 0 Å².